The van der Waals surface area contributed by atoms with Crippen molar-refractivity contribution < 1.29 is 0 Å². The molecule has 0 fully saturated rings. The van der Waals surface area contributed by atoms with E-state index in [9.17, 15) is 0 Å². The minimum atomic E-state index is -0.101. The van der Waals surface area contributed by atoms with Crippen LogP contribution in [-0.2, 0) is 5.54 Å². The molecule has 116 valence electrons. The second-order valence-electron chi connectivity index (χ2n) is 7.91. The lowest BCUT2D eigenvalue weighted by atomic mass is 9.81. The molecule has 1 aromatic heterocycles. The fourth-order valence-corrected chi connectivity index (χ4v) is 3.72. The number of imidazole rings is 1. The number of fused-ring (bicyclic) bond motifs is 1. The van der Waals surface area contributed by atoms with Crippen molar-refractivity contribution in [3.8, 4) is 0 Å². The molecule has 0 saturated carbocycles. The van der Waals surface area contributed by atoms with Crippen molar-refractivity contribution in [1.82, 2.24) is 9.55 Å². The van der Waals surface area contributed by atoms with Crippen molar-refractivity contribution >= 4 is 22.6 Å². The van der Waals surface area contributed by atoms with Crippen LogP contribution in [-0.4, -0.2) is 9.55 Å². The molecule has 0 spiro atoms. The predicted molar refractivity (Wildman–Crippen MR) is 92.1 cm³/mol. The molecule has 0 bridgehead atoms. The Bertz CT molecular complexity index is 645. The van der Waals surface area contributed by atoms with Gasteiger partial charge in [0.15, 0.2) is 0 Å². The largest absolute Gasteiger partial charge is 0.321 e. The minimum Gasteiger partial charge on any atom is -0.321 e. The van der Waals surface area contributed by atoms with E-state index in [0.717, 1.165) is 17.8 Å². The monoisotopic (exact) mass is 306 g/mol. The third kappa shape index (κ3) is 3.26. The van der Waals surface area contributed by atoms with Gasteiger partial charge >= 0.3 is 0 Å². The topological polar surface area (TPSA) is 17.8 Å². The van der Waals surface area contributed by atoms with E-state index < -0.39 is 0 Å². The molecule has 1 atom stereocenters. The molecule has 2 nitrogen and oxygen atoms in total. The van der Waals surface area contributed by atoms with Gasteiger partial charge in [0.2, 0.25) is 0 Å². The van der Waals surface area contributed by atoms with Gasteiger partial charge in [-0.25, -0.2) is 4.98 Å². The highest BCUT2D eigenvalue weighted by atomic mass is 35.5. The molecule has 0 N–H and O–H groups in total. The smallest absolute Gasteiger partial charge is 0.128 e. The Labute approximate surface area is 133 Å². The van der Waals surface area contributed by atoms with Crippen LogP contribution in [0.2, 0.25) is 0 Å². The molecule has 3 heteroatoms. The molecular formula is C18H27ClN2. The Kier molecular flexibility index (Phi) is 4.14. The lowest BCUT2D eigenvalue weighted by Crippen LogP contribution is -2.33. The molecule has 0 aliphatic rings. The molecule has 1 aromatic carbocycles. The quantitative estimate of drug-likeness (QED) is 0.654. The van der Waals surface area contributed by atoms with Gasteiger partial charge in [0.1, 0.15) is 5.82 Å². The first kappa shape index (κ1) is 16.4. The highest BCUT2D eigenvalue weighted by Crippen LogP contribution is 2.38. The summed E-state index contributed by atoms with van der Waals surface area (Å²) < 4.78 is 2.36. The van der Waals surface area contributed by atoms with Crippen LogP contribution < -0.4 is 0 Å². The Balaban J connectivity index is 2.73. The zero-order valence-electron chi connectivity index (χ0n) is 14.3. The van der Waals surface area contributed by atoms with Crippen LogP contribution in [0.3, 0.4) is 0 Å². The molecular weight excluding hydrogens is 280 g/mol. The number of para-hydroxylation sites is 1. The maximum atomic E-state index is 6.43. The van der Waals surface area contributed by atoms with Crippen molar-refractivity contribution in [3.63, 3.8) is 0 Å². The zero-order valence-corrected chi connectivity index (χ0v) is 15.0. The first-order chi connectivity index (χ1) is 9.53. The standard InChI is InChI=1S/C18H27ClN2/c1-12-9-8-10-14-15(12)21(16(20-14)13(2)19)18(6,7)11-17(3,4)5/h8-10,13H,11H2,1-7H3. The summed E-state index contributed by atoms with van der Waals surface area (Å²) in [6.45, 7) is 15.6. The van der Waals surface area contributed by atoms with E-state index in [1.165, 1.54) is 11.1 Å². The zero-order chi connectivity index (χ0) is 16.0. The lowest BCUT2D eigenvalue weighted by Gasteiger charge is -2.36. The van der Waals surface area contributed by atoms with Crippen molar-refractivity contribution in [2.45, 2.75) is 65.8 Å². The molecule has 0 saturated heterocycles. The number of benzene rings is 1. The third-order valence-electron chi connectivity index (χ3n) is 3.83. The van der Waals surface area contributed by atoms with E-state index in [-0.39, 0.29) is 16.3 Å². The van der Waals surface area contributed by atoms with Crippen molar-refractivity contribution in [2.75, 3.05) is 0 Å². The van der Waals surface area contributed by atoms with Gasteiger partial charge in [-0.05, 0) is 51.2 Å². The van der Waals surface area contributed by atoms with Gasteiger partial charge in [0.25, 0.3) is 0 Å². The number of halogens is 1. The summed E-state index contributed by atoms with van der Waals surface area (Å²) in [5.74, 6) is 0.968. The molecule has 1 heterocycles. The molecule has 0 aliphatic carbocycles. The number of hydrogen-bond acceptors (Lipinski definition) is 1. The predicted octanol–water partition coefficient (Wildman–Crippen LogP) is 5.82. The molecule has 0 aliphatic heterocycles. The number of nitrogens with zero attached hydrogens (tertiary/aromatic N) is 2. The van der Waals surface area contributed by atoms with Crippen molar-refractivity contribution in [3.05, 3.63) is 29.6 Å². The molecule has 0 amide bonds. The maximum absolute atomic E-state index is 6.43. The first-order valence-electron chi connectivity index (χ1n) is 7.65. The van der Waals surface area contributed by atoms with Crippen LogP contribution in [0.5, 0.6) is 0 Å². The van der Waals surface area contributed by atoms with E-state index in [0.29, 0.717) is 0 Å². The number of alkyl halides is 1. The molecule has 2 rings (SSSR count). The molecule has 0 radical (unpaired) electrons. The van der Waals surface area contributed by atoms with Crippen LogP contribution in [0.1, 0.15) is 64.7 Å². The van der Waals surface area contributed by atoms with E-state index in [4.69, 9.17) is 16.6 Å². The fourth-order valence-electron chi connectivity index (χ4n) is 3.57. The number of rotatable bonds is 3. The average Bonchev–Trinajstić information content (AvgIpc) is 2.67. The van der Waals surface area contributed by atoms with Gasteiger partial charge in [0.05, 0.1) is 16.4 Å². The van der Waals surface area contributed by atoms with Crippen LogP contribution in [0, 0.1) is 12.3 Å². The summed E-state index contributed by atoms with van der Waals surface area (Å²) in [5.41, 5.74) is 3.73. The Morgan fingerprint density at radius 1 is 1.19 bits per heavy atom. The summed E-state index contributed by atoms with van der Waals surface area (Å²) in [6, 6.07) is 6.29. The van der Waals surface area contributed by atoms with E-state index in [2.05, 4.69) is 64.3 Å². The van der Waals surface area contributed by atoms with E-state index >= 15 is 0 Å². The summed E-state index contributed by atoms with van der Waals surface area (Å²) in [6.07, 6.45) is 1.07. The number of aromatic nitrogens is 2. The Hall–Kier alpha value is -1.02. The highest BCUT2D eigenvalue weighted by molar-refractivity contribution is 6.20. The van der Waals surface area contributed by atoms with E-state index in [1.54, 1.807) is 0 Å². The lowest BCUT2D eigenvalue weighted by molar-refractivity contribution is 0.215. The third-order valence-corrected chi connectivity index (χ3v) is 4.02. The maximum Gasteiger partial charge on any atom is 0.128 e. The van der Waals surface area contributed by atoms with Crippen LogP contribution in [0.25, 0.3) is 11.0 Å². The van der Waals surface area contributed by atoms with Gasteiger partial charge in [-0.2, -0.15) is 0 Å². The second-order valence-corrected chi connectivity index (χ2v) is 8.57. The van der Waals surface area contributed by atoms with Crippen molar-refractivity contribution in [1.29, 1.82) is 0 Å². The minimum absolute atomic E-state index is 0.0302. The second kappa shape index (κ2) is 5.31. The van der Waals surface area contributed by atoms with Gasteiger partial charge in [-0.3, -0.25) is 0 Å². The fraction of sp³-hybridized carbons (Fsp3) is 0.611. The molecule has 1 unspecified atom stereocenters. The van der Waals surface area contributed by atoms with E-state index in [1.807, 2.05) is 6.92 Å². The van der Waals surface area contributed by atoms with Gasteiger partial charge in [-0.1, -0.05) is 32.9 Å². The number of hydrogen-bond donors (Lipinski definition) is 0. The van der Waals surface area contributed by atoms with Gasteiger partial charge < -0.3 is 4.57 Å². The van der Waals surface area contributed by atoms with Crippen LogP contribution >= 0.6 is 11.6 Å². The summed E-state index contributed by atoms with van der Waals surface area (Å²) in [5, 5.41) is -0.101. The Morgan fingerprint density at radius 3 is 2.33 bits per heavy atom. The highest BCUT2D eigenvalue weighted by Gasteiger charge is 2.32. The van der Waals surface area contributed by atoms with Crippen LogP contribution in [0.4, 0.5) is 0 Å². The SMILES string of the molecule is Cc1cccc2nc(C(C)Cl)n(C(C)(C)CC(C)(C)C)c12. The summed E-state index contributed by atoms with van der Waals surface area (Å²) in [4.78, 5) is 4.80. The van der Waals surface area contributed by atoms with Gasteiger partial charge in [-0.15, -0.1) is 11.6 Å². The molecule has 2 aromatic rings. The van der Waals surface area contributed by atoms with Gasteiger partial charge in [0, 0.05) is 5.54 Å². The van der Waals surface area contributed by atoms with Crippen LogP contribution in [0.15, 0.2) is 18.2 Å². The Morgan fingerprint density at radius 2 is 1.81 bits per heavy atom. The number of aryl methyl sites for hydroxylation is 1. The summed E-state index contributed by atoms with van der Waals surface area (Å²) in [7, 11) is 0. The summed E-state index contributed by atoms with van der Waals surface area (Å²) >= 11 is 6.43. The normalized spacial score (nSPS) is 14.7. The van der Waals surface area contributed by atoms with Crippen molar-refractivity contribution in [2.24, 2.45) is 5.41 Å². The molecule has 21 heavy (non-hydrogen) atoms. The average molecular weight is 307 g/mol. The first-order valence-corrected chi connectivity index (χ1v) is 8.09.